The molecule has 0 saturated carbocycles. The first-order chi connectivity index (χ1) is 17.6. The summed E-state index contributed by atoms with van der Waals surface area (Å²) in [4.78, 5) is 14.1. The molecule has 4 rings (SSSR count). The summed E-state index contributed by atoms with van der Waals surface area (Å²) in [5.41, 5.74) is 5.10. The van der Waals surface area contributed by atoms with Crippen LogP contribution in [0.1, 0.15) is 49.9 Å². The molecule has 0 radical (unpaired) electrons. The minimum Gasteiger partial charge on any atom is -0.466 e. The van der Waals surface area contributed by atoms with Crippen molar-refractivity contribution in [2.24, 2.45) is 0 Å². The van der Waals surface area contributed by atoms with Crippen LogP contribution in [-0.4, -0.2) is 50.6 Å². The zero-order valence-electron chi connectivity index (χ0n) is 23.3. The fraction of sp³-hybridized carbons (Fsp3) is 0.452. The van der Waals surface area contributed by atoms with Crippen molar-refractivity contribution in [3.63, 3.8) is 0 Å². The Kier molecular flexibility index (Phi) is 8.41. The zero-order valence-corrected chi connectivity index (χ0v) is 24.3. The lowest BCUT2D eigenvalue weighted by Gasteiger charge is -2.37. The van der Waals surface area contributed by atoms with Gasteiger partial charge in [-0.2, -0.15) is 0 Å². The van der Waals surface area contributed by atoms with Gasteiger partial charge in [-0.3, -0.25) is 4.90 Å². The van der Waals surface area contributed by atoms with Crippen LogP contribution in [0.15, 0.2) is 60.8 Å². The monoisotopic (exact) mass is 518 g/mol. The minimum absolute atomic E-state index is 0.204. The lowest BCUT2D eigenvalue weighted by molar-refractivity contribution is -0.134. The summed E-state index contributed by atoms with van der Waals surface area (Å²) in [6.07, 6.45) is 7.68. The Bertz CT molecular complexity index is 1250. The number of hydrogen-bond donors (Lipinski definition) is 0. The van der Waals surface area contributed by atoms with Gasteiger partial charge in [-0.1, -0.05) is 57.2 Å². The summed E-state index contributed by atoms with van der Waals surface area (Å²) in [7, 11) is -0.399. The summed E-state index contributed by atoms with van der Waals surface area (Å²) in [5.74, 6) is -0.330. The van der Waals surface area contributed by atoms with E-state index in [1.165, 1.54) is 35.2 Å². The van der Waals surface area contributed by atoms with Gasteiger partial charge in [0.1, 0.15) is 0 Å². The van der Waals surface area contributed by atoms with Gasteiger partial charge in [-0.25, -0.2) is 4.79 Å². The molecule has 1 aliphatic rings. The average Bonchev–Trinajstić information content (AvgIpc) is 3.47. The molecule has 37 heavy (non-hydrogen) atoms. The van der Waals surface area contributed by atoms with Crippen LogP contribution in [-0.2, 0) is 26.9 Å². The predicted octanol–water partition coefficient (Wildman–Crippen LogP) is 6.84. The van der Waals surface area contributed by atoms with Gasteiger partial charge in [0, 0.05) is 50.1 Å². The highest BCUT2D eigenvalue weighted by atomic mass is 28.4. The molecular weight excluding hydrogens is 476 g/mol. The van der Waals surface area contributed by atoms with Crippen molar-refractivity contribution in [2.75, 3.05) is 26.8 Å². The third-order valence-electron chi connectivity index (χ3n) is 8.22. The fourth-order valence-corrected chi connectivity index (χ4v) is 5.99. The number of para-hydroxylation sites is 1. The molecule has 1 atom stereocenters. The third kappa shape index (κ3) is 6.43. The Labute approximate surface area is 223 Å². The number of aryl methyl sites for hydroxylation is 1. The third-order valence-corrected chi connectivity index (χ3v) is 12.8. The fourth-order valence-electron chi connectivity index (χ4n) is 4.96. The number of esters is 1. The molecule has 0 N–H and O–H groups in total. The van der Waals surface area contributed by atoms with E-state index < -0.39 is 8.32 Å². The van der Waals surface area contributed by atoms with Crippen LogP contribution in [0.3, 0.4) is 0 Å². The van der Waals surface area contributed by atoms with Gasteiger partial charge in [0.25, 0.3) is 0 Å². The van der Waals surface area contributed by atoms with E-state index in [0.29, 0.717) is 6.04 Å². The van der Waals surface area contributed by atoms with Crippen LogP contribution in [0.5, 0.6) is 0 Å². The number of benzene rings is 2. The van der Waals surface area contributed by atoms with Crippen molar-refractivity contribution in [3.8, 4) is 0 Å². The van der Waals surface area contributed by atoms with Crippen LogP contribution < -0.4 is 0 Å². The molecule has 1 heterocycles. The lowest BCUT2D eigenvalue weighted by atomic mass is 10.0. The van der Waals surface area contributed by atoms with Gasteiger partial charge in [0.15, 0.2) is 8.32 Å². The van der Waals surface area contributed by atoms with Gasteiger partial charge in [-0.05, 0) is 71.3 Å². The number of nitrogens with zero attached hydrogens (tertiary/aromatic N) is 2. The summed E-state index contributed by atoms with van der Waals surface area (Å²) in [6.45, 7) is 15.1. The van der Waals surface area contributed by atoms with Crippen molar-refractivity contribution in [1.82, 2.24) is 9.47 Å². The van der Waals surface area contributed by atoms with Crippen molar-refractivity contribution in [2.45, 2.75) is 64.3 Å². The SMILES string of the molecule is COC(=O)/C=C/c1ccc2c(c1)CCC2N(CCO[Si](C)(C)C(C)(C)C)CCn1ccc2ccccc21. The molecule has 6 heteroatoms. The van der Waals surface area contributed by atoms with Crippen molar-refractivity contribution >= 4 is 31.3 Å². The van der Waals surface area contributed by atoms with Gasteiger partial charge in [-0.15, -0.1) is 0 Å². The van der Waals surface area contributed by atoms with Crippen LogP contribution in [0.2, 0.25) is 18.1 Å². The first-order valence-electron chi connectivity index (χ1n) is 13.4. The molecular formula is C31H42N2O3Si. The predicted molar refractivity (Wildman–Crippen MR) is 155 cm³/mol. The summed E-state index contributed by atoms with van der Waals surface area (Å²) in [5, 5.41) is 1.49. The molecule has 0 bridgehead atoms. The van der Waals surface area contributed by atoms with Gasteiger partial charge < -0.3 is 13.7 Å². The highest BCUT2D eigenvalue weighted by Crippen LogP contribution is 2.38. The Morgan fingerprint density at radius 2 is 1.92 bits per heavy atom. The molecule has 0 amide bonds. The summed E-state index contributed by atoms with van der Waals surface area (Å²) < 4.78 is 13.7. The quantitative estimate of drug-likeness (QED) is 0.167. The minimum atomic E-state index is -1.80. The Morgan fingerprint density at radius 1 is 1.14 bits per heavy atom. The van der Waals surface area contributed by atoms with E-state index in [1.54, 1.807) is 0 Å². The van der Waals surface area contributed by atoms with Crippen LogP contribution >= 0.6 is 0 Å². The van der Waals surface area contributed by atoms with E-state index in [-0.39, 0.29) is 11.0 Å². The molecule has 0 aliphatic heterocycles. The number of hydrogen-bond acceptors (Lipinski definition) is 4. The highest BCUT2D eigenvalue weighted by Gasteiger charge is 2.37. The standard InChI is InChI=1S/C31H42N2O3Si/c1-31(2,3)37(5,6)36-22-21-33(20-19-32-18-17-25-9-7-8-10-28(25)32)29-15-13-26-23-24(11-14-27(26)29)12-16-30(34)35-4/h7-12,14,16-18,23,29H,13,15,19-22H2,1-6H3/b16-12+. The molecule has 0 spiro atoms. The molecule has 2 aromatic carbocycles. The molecule has 1 aromatic heterocycles. The van der Waals surface area contributed by atoms with E-state index in [2.05, 4.69) is 98.1 Å². The maximum Gasteiger partial charge on any atom is 0.330 e. The molecule has 198 valence electrons. The van der Waals surface area contributed by atoms with E-state index in [0.717, 1.165) is 44.6 Å². The van der Waals surface area contributed by atoms with Gasteiger partial charge in [0.05, 0.1) is 7.11 Å². The van der Waals surface area contributed by atoms with Crippen LogP contribution in [0.25, 0.3) is 17.0 Å². The molecule has 1 aliphatic carbocycles. The first kappa shape index (κ1) is 27.4. The largest absolute Gasteiger partial charge is 0.466 e. The molecule has 3 aromatic rings. The van der Waals surface area contributed by atoms with Crippen molar-refractivity contribution in [1.29, 1.82) is 0 Å². The second-order valence-corrected chi connectivity index (χ2v) is 16.4. The summed E-state index contributed by atoms with van der Waals surface area (Å²) in [6, 6.07) is 17.7. The second kappa shape index (κ2) is 11.4. The number of ether oxygens (including phenoxy) is 1. The second-order valence-electron chi connectivity index (χ2n) is 11.6. The maximum atomic E-state index is 11.5. The summed E-state index contributed by atoms with van der Waals surface area (Å²) >= 11 is 0. The Hall–Kier alpha value is -2.67. The number of rotatable bonds is 10. The smallest absolute Gasteiger partial charge is 0.330 e. The van der Waals surface area contributed by atoms with E-state index in [4.69, 9.17) is 9.16 Å². The number of aromatic nitrogens is 1. The molecule has 1 unspecified atom stereocenters. The van der Waals surface area contributed by atoms with Crippen LogP contribution in [0.4, 0.5) is 0 Å². The molecule has 0 fully saturated rings. The number of carbonyl (C=O) groups excluding carboxylic acids is 1. The van der Waals surface area contributed by atoms with Gasteiger partial charge in [0.2, 0.25) is 0 Å². The maximum absolute atomic E-state index is 11.5. The molecule has 5 nitrogen and oxygen atoms in total. The van der Waals surface area contributed by atoms with Crippen LogP contribution in [0, 0.1) is 0 Å². The molecule has 0 saturated heterocycles. The Balaban J connectivity index is 1.52. The first-order valence-corrected chi connectivity index (χ1v) is 16.3. The number of fused-ring (bicyclic) bond motifs is 2. The van der Waals surface area contributed by atoms with Crippen molar-refractivity contribution in [3.05, 3.63) is 77.5 Å². The normalized spacial score (nSPS) is 16.1. The van der Waals surface area contributed by atoms with Crippen molar-refractivity contribution < 1.29 is 14.0 Å². The highest BCUT2D eigenvalue weighted by molar-refractivity contribution is 6.74. The van der Waals surface area contributed by atoms with Gasteiger partial charge >= 0.3 is 5.97 Å². The number of carbonyl (C=O) groups is 1. The zero-order chi connectivity index (χ0) is 26.6. The van der Waals surface area contributed by atoms with E-state index in [1.807, 2.05) is 6.08 Å². The average molecular weight is 519 g/mol. The lowest BCUT2D eigenvalue weighted by Crippen LogP contribution is -2.43. The number of methoxy groups -OCH3 is 1. The topological polar surface area (TPSA) is 43.7 Å². The van der Waals surface area contributed by atoms with E-state index in [9.17, 15) is 4.79 Å². The van der Waals surface area contributed by atoms with E-state index >= 15 is 0 Å². The Morgan fingerprint density at radius 3 is 2.68 bits per heavy atom.